The second-order valence-electron chi connectivity index (χ2n) is 5.75. The molecule has 2 aromatic heterocycles. The number of aromatic nitrogens is 1. The largest absolute Gasteiger partial charge is 0.451 e. The highest BCUT2D eigenvalue weighted by atomic mass is 16.5. The summed E-state index contributed by atoms with van der Waals surface area (Å²) >= 11 is 0. The molecule has 0 bridgehead atoms. The molecule has 0 atom stereocenters. The Balaban J connectivity index is 1.42. The second-order valence-corrected chi connectivity index (χ2v) is 5.75. The molecule has 2 aromatic carbocycles. The molecular weight excluding hydrogens is 328 g/mol. The molecule has 0 spiro atoms. The number of ether oxygens (including phenoxy) is 1. The summed E-state index contributed by atoms with van der Waals surface area (Å²) in [6.07, 6.45) is 1.67. The Hall–Kier alpha value is -3.60. The molecular formula is C21H16N2O3. The Kier molecular flexibility index (Phi) is 4.35. The van der Waals surface area contributed by atoms with E-state index in [1.165, 1.54) is 0 Å². The molecule has 0 radical (unpaired) electrons. The van der Waals surface area contributed by atoms with Crippen LogP contribution in [0, 0.1) is 0 Å². The van der Waals surface area contributed by atoms with E-state index in [-0.39, 0.29) is 5.91 Å². The lowest BCUT2D eigenvalue weighted by Gasteiger charge is -2.07. The molecule has 5 nitrogen and oxygen atoms in total. The molecule has 1 N–H and O–H groups in total. The first-order valence-corrected chi connectivity index (χ1v) is 8.22. The molecule has 128 valence electrons. The number of nitrogens with one attached hydrogen (secondary N) is 1. The number of pyridine rings is 1. The van der Waals surface area contributed by atoms with Gasteiger partial charge in [0.05, 0.1) is 0 Å². The summed E-state index contributed by atoms with van der Waals surface area (Å²) in [6, 6.07) is 22.3. The number of carbonyl (C=O) groups excluding carboxylic acids is 1. The first-order chi connectivity index (χ1) is 12.8. The smallest absolute Gasteiger partial charge is 0.287 e. The molecule has 0 aliphatic heterocycles. The van der Waals surface area contributed by atoms with E-state index in [9.17, 15) is 4.79 Å². The maximum absolute atomic E-state index is 12.3. The number of rotatable bonds is 5. The van der Waals surface area contributed by atoms with Gasteiger partial charge in [-0.1, -0.05) is 36.4 Å². The predicted molar refractivity (Wildman–Crippen MR) is 98.1 cm³/mol. The van der Waals surface area contributed by atoms with Crippen LogP contribution in [0.15, 0.2) is 83.4 Å². The van der Waals surface area contributed by atoms with Crippen LogP contribution < -0.4 is 10.1 Å². The van der Waals surface area contributed by atoms with Crippen LogP contribution in [-0.4, -0.2) is 10.9 Å². The average molecular weight is 344 g/mol. The van der Waals surface area contributed by atoms with Gasteiger partial charge in [0.2, 0.25) is 5.88 Å². The molecule has 4 aromatic rings. The number of furan rings is 1. The van der Waals surface area contributed by atoms with Crippen molar-refractivity contribution in [2.75, 3.05) is 0 Å². The van der Waals surface area contributed by atoms with Gasteiger partial charge in [0.15, 0.2) is 5.76 Å². The van der Waals surface area contributed by atoms with Crippen LogP contribution in [0.25, 0.3) is 11.0 Å². The summed E-state index contributed by atoms with van der Waals surface area (Å²) in [4.78, 5) is 16.5. The first kappa shape index (κ1) is 15.9. The van der Waals surface area contributed by atoms with Crippen LogP contribution in [-0.2, 0) is 6.54 Å². The summed E-state index contributed by atoms with van der Waals surface area (Å²) in [5.74, 6) is 1.24. The van der Waals surface area contributed by atoms with E-state index >= 15 is 0 Å². The first-order valence-electron chi connectivity index (χ1n) is 8.22. The van der Waals surface area contributed by atoms with Gasteiger partial charge in [0.1, 0.15) is 11.3 Å². The minimum atomic E-state index is -0.253. The minimum Gasteiger partial charge on any atom is -0.451 e. The van der Waals surface area contributed by atoms with E-state index in [0.717, 1.165) is 10.9 Å². The number of benzene rings is 2. The SMILES string of the molecule is O=C(NCc1cccc(Oc2ccccn2)c1)c1cc2ccccc2o1. The molecule has 0 unspecified atom stereocenters. The van der Waals surface area contributed by atoms with Crippen LogP contribution in [0.3, 0.4) is 0 Å². The maximum Gasteiger partial charge on any atom is 0.287 e. The topological polar surface area (TPSA) is 64.4 Å². The summed E-state index contributed by atoms with van der Waals surface area (Å²) in [6.45, 7) is 0.370. The van der Waals surface area contributed by atoms with Crippen molar-refractivity contribution in [3.05, 3.63) is 90.3 Å². The predicted octanol–water partition coefficient (Wildman–Crippen LogP) is 4.55. The standard InChI is InChI=1S/C21H16N2O3/c24-21(19-13-16-7-1-2-9-18(16)26-19)23-14-15-6-5-8-17(12-15)25-20-10-3-4-11-22-20/h1-13H,14H2,(H,23,24). The molecule has 5 heteroatoms. The van der Waals surface area contributed by atoms with E-state index in [2.05, 4.69) is 10.3 Å². The monoisotopic (exact) mass is 344 g/mol. The van der Waals surface area contributed by atoms with Gasteiger partial charge in [-0.15, -0.1) is 0 Å². The molecule has 4 rings (SSSR count). The van der Waals surface area contributed by atoms with Gasteiger partial charge in [-0.05, 0) is 35.9 Å². The lowest BCUT2D eigenvalue weighted by Crippen LogP contribution is -2.22. The minimum absolute atomic E-state index is 0.253. The van der Waals surface area contributed by atoms with E-state index in [4.69, 9.17) is 9.15 Å². The highest BCUT2D eigenvalue weighted by Gasteiger charge is 2.11. The average Bonchev–Trinajstić information content (AvgIpc) is 3.12. The Morgan fingerprint density at radius 3 is 2.73 bits per heavy atom. The van der Waals surface area contributed by atoms with Crippen LogP contribution in [0.1, 0.15) is 16.1 Å². The zero-order chi connectivity index (χ0) is 17.8. The van der Waals surface area contributed by atoms with Crippen LogP contribution in [0.2, 0.25) is 0 Å². The van der Waals surface area contributed by atoms with Gasteiger partial charge < -0.3 is 14.5 Å². The molecule has 0 fully saturated rings. The maximum atomic E-state index is 12.3. The highest BCUT2D eigenvalue weighted by molar-refractivity contribution is 5.96. The highest BCUT2D eigenvalue weighted by Crippen LogP contribution is 2.21. The van der Waals surface area contributed by atoms with Crippen molar-refractivity contribution in [2.24, 2.45) is 0 Å². The van der Waals surface area contributed by atoms with E-state index in [1.807, 2.05) is 60.7 Å². The normalized spacial score (nSPS) is 10.6. The van der Waals surface area contributed by atoms with Crippen molar-refractivity contribution in [3.8, 4) is 11.6 Å². The van der Waals surface area contributed by atoms with Crippen molar-refractivity contribution >= 4 is 16.9 Å². The lowest BCUT2D eigenvalue weighted by atomic mass is 10.2. The van der Waals surface area contributed by atoms with E-state index in [1.54, 1.807) is 18.3 Å². The van der Waals surface area contributed by atoms with Crippen molar-refractivity contribution < 1.29 is 13.9 Å². The van der Waals surface area contributed by atoms with Gasteiger partial charge >= 0.3 is 0 Å². The number of nitrogens with zero attached hydrogens (tertiary/aromatic N) is 1. The number of carbonyl (C=O) groups is 1. The fourth-order valence-corrected chi connectivity index (χ4v) is 2.61. The quantitative estimate of drug-likeness (QED) is 0.577. The van der Waals surface area contributed by atoms with Crippen molar-refractivity contribution in [1.29, 1.82) is 0 Å². The van der Waals surface area contributed by atoms with Crippen LogP contribution in [0.4, 0.5) is 0 Å². The molecule has 1 amide bonds. The third-order valence-electron chi connectivity index (χ3n) is 3.86. The molecule has 0 saturated carbocycles. The summed E-state index contributed by atoms with van der Waals surface area (Å²) in [7, 11) is 0. The molecule has 0 saturated heterocycles. The van der Waals surface area contributed by atoms with Gasteiger partial charge in [0.25, 0.3) is 5.91 Å². The molecule has 0 aliphatic rings. The zero-order valence-corrected chi connectivity index (χ0v) is 13.9. The number of fused-ring (bicyclic) bond motifs is 1. The zero-order valence-electron chi connectivity index (χ0n) is 13.9. The van der Waals surface area contributed by atoms with E-state index in [0.29, 0.717) is 29.5 Å². The van der Waals surface area contributed by atoms with Crippen molar-refractivity contribution in [3.63, 3.8) is 0 Å². The molecule has 26 heavy (non-hydrogen) atoms. The number of hydrogen-bond donors (Lipinski definition) is 1. The van der Waals surface area contributed by atoms with Crippen molar-refractivity contribution in [1.82, 2.24) is 10.3 Å². The number of amides is 1. The third kappa shape index (κ3) is 3.57. The number of para-hydroxylation sites is 1. The Morgan fingerprint density at radius 1 is 1.00 bits per heavy atom. The van der Waals surface area contributed by atoms with Gasteiger partial charge in [0, 0.05) is 24.2 Å². The van der Waals surface area contributed by atoms with Crippen LogP contribution >= 0.6 is 0 Å². The molecule has 0 aliphatic carbocycles. The molecule has 2 heterocycles. The van der Waals surface area contributed by atoms with Crippen molar-refractivity contribution in [2.45, 2.75) is 6.54 Å². The summed E-state index contributed by atoms with van der Waals surface area (Å²) < 4.78 is 11.3. The summed E-state index contributed by atoms with van der Waals surface area (Å²) in [5.41, 5.74) is 1.62. The fourth-order valence-electron chi connectivity index (χ4n) is 2.61. The van der Waals surface area contributed by atoms with Gasteiger partial charge in [-0.3, -0.25) is 4.79 Å². The van der Waals surface area contributed by atoms with Crippen LogP contribution in [0.5, 0.6) is 11.6 Å². The Morgan fingerprint density at radius 2 is 1.88 bits per heavy atom. The second kappa shape index (κ2) is 7.11. The van der Waals surface area contributed by atoms with E-state index < -0.39 is 0 Å². The van der Waals surface area contributed by atoms with Gasteiger partial charge in [-0.25, -0.2) is 4.98 Å². The van der Waals surface area contributed by atoms with Gasteiger partial charge in [-0.2, -0.15) is 0 Å². The number of hydrogen-bond acceptors (Lipinski definition) is 4. The Bertz CT molecular complexity index is 1010. The summed E-state index contributed by atoms with van der Waals surface area (Å²) in [5, 5.41) is 3.77. The third-order valence-corrected chi connectivity index (χ3v) is 3.86. The fraction of sp³-hybridized carbons (Fsp3) is 0.0476. The Labute approximate surface area is 150 Å². The lowest BCUT2D eigenvalue weighted by molar-refractivity contribution is 0.0925.